The first-order valence-electron chi connectivity index (χ1n) is 8.61. The zero-order chi connectivity index (χ0) is 19.3. The topological polar surface area (TPSA) is 77.5 Å². The number of hydrogen-bond acceptors (Lipinski definition) is 5. The van der Waals surface area contributed by atoms with Gasteiger partial charge in [-0.1, -0.05) is 23.3 Å². The number of rotatable bonds is 4. The predicted molar refractivity (Wildman–Crippen MR) is 101 cm³/mol. The van der Waals surface area contributed by atoms with Crippen molar-refractivity contribution in [3.05, 3.63) is 64.2 Å². The first-order valence-corrected chi connectivity index (χ1v) is 8.98. The fourth-order valence-electron chi connectivity index (χ4n) is 3.57. The average molecular weight is 387 g/mol. The first-order chi connectivity index (χ1) is 12.9. The highest BCUT2D eigenvalue weighted by Gasteiger charge is 2.36. The second-order valence-electron chi connectivity index (χ2n) is 6.85. The first kappa shape index (κ1) is 17.8. The SMILES string of the molecule is C=C1C(=O)OCC1C(O)c1cn(Cc2c(C)noc2C)c2ccc(Cl)cc12. The van der Waals surface area contributed by atoms with Gasteiger partial charge in [-0.25, -0.2) is 4.79 Å². The summed E-state index contributed by atoms with van der Waals surface area (Å²) in [5, 5.41) is 16.4. The van der Waals surface area contributed by atoms with E-state index < -0.39 is 18.0 Å². The molecule has 0 saturated carbocycles. The molecule has 2 atom stereocenters. The number of esters is 1. The summed E-state index contributed by atoms with van der Waals surface area (Å²) in [7, 11) is 0. The van der Waals surface area contributed by atoms with Gasteiger partial charge in [-0.2, -0.15) is 0 Å². The second kappa shape index (κ2) is 6.55. The fourth-order valence-corrected chi connectivity index (χ4v) is 3.74. The molecule has 1 aliphatic heterocycles. The molecule has 0 amide bonds. The van der Waals surface area contributed by atoms with Crippen molar-refractivity contribution < 1.29 is 19.2 Å². The van der Waals surface area contributed by atoms with Gasteiger partial charge in [0.1, 0.15) is 12.4 Å². The van der Waals surface area contributed by atoms with Crippen molar-refractivity contribution in [1.29, 1.82) is 0 Å². The zero-order valence-electron chi connectivity index (χ0n) is 15.0. The van der Waals surface area contributed by atoms with Gasteiger partial charge in [0.05, 0.1) is 24.3 Å². The van der Waals surface area contributed by atoms with Gasteiger partial charge in [-0.3, -0.25) is 0 Å². The van der Waals surface area contributed by atoms with Crippen LogP contribution < -0.4 is 0 Å². The van der Waals surface area contributed by atoms with Gasteiger partial charge in [-0.15, -0.1) is 0 Å². The van der Waals surface area contributed by atoms with Crippen LogP contribution in [-0.4, -0.2) is 27.4 Å². The maximum atomic E-state index is 11.7. The summed E-state index contributed by atoms with van der Waals surface area (Å²) in [6.07, 6.45) is 0.962. The molecule has 0 radical (unpaired) electrons. The average Bonchev–Trinajstić information content (AvgIpc) is 3.27. The van der Waals surface area contributed by atoms with E-state index in [9.17, 15) is 9.90 Å². The standard InChI is InChI=1S/C20H19ClN2O4/c1-10-17(9-26-20(10)25)19(24)16-8-23(7-15-11(2)22-27-12(15)3)18-5-4-13(21)6-14(16)18/h4-6,8,17,19,24H,1,7,9H2,2-3H3. The van der Waals surface area contributed by atoms with Crippen LogP contribution in [0, 0.1) is 19.8 Å². The van der Waals surface area contributed by atoms with Crippen LogP contribution in [0.3, 0.4) is 0 Å². The van der Waals surface area contributed by atoms with E-state index in [1.165, 1.54) is 0 Å². The molecule has 2 unspecified atom stereocenters. The number of hydrogen-bond donors (Lipinski definition) is 1. The molecule has 3 aromatic rings. The van der Waals surface area contributed by atoms with Crippen LogP contribution in [0.1, 0.15) is 28.7 Å². The van der Waals surface area contributed by atoms with Crippen molar-refractivity contribution >= 4 is 28.5 Å². The molecular formula is C20H19ClN2O4. The Kier molecular flexibility index (Phi) is 4.32. The number of aryl methyl sites for hydroxylation is 2. The molecular weight excluding hydrogens is 368 g/mol. The quantitative estimate of drug-likeness (QED) is 0.546. The molecule has 1 fully saturated rings. The summed E-state index contributed by atoms with van der Waals surface area (Å²) in [5.41, 5.74) is 3.71. The molecule has 140 valence electrons. The minimum Gasteiger partial charge on any atom is -0.462 e. The third kappa shape index (κ3) is 2.95. The van der Waals surface area contributed by atoms with Crippen LogP contribution in [0.25, 0.3) is 10.9 Å². The Balaban J connectivity index is 1.80. The monoisotopic (exact) mass is 386 g/mol. The van der Waals surface area contributed by atoms with E-state index in [-0.39, 0.29) is 12.2 Å². The van der Waals surface area contributed by atoms with E-state index >= 15 is 0 Å². The van der Waals surface area contributed by atoms with E-state index in [4.69, 9.17) is 20.9 Å². The number of aliphatic hydroxyl groups excluding tert-OH is 1. The summed E-state index contributed by atoms with van der Waals surface area (Å²) in [6, 6.07) is 5.54. The molecule has 1 saturated heterocycles. The van der Waals surface area contributed by atoms with Crippen molar-refractivity contribution in [1.82, 2.24) is 9.72 Å². The Bertz CT molecular complexity index is 1050. The van der Waals surface area contributed by atoms with Crippen LogP contribution >= 0.6 is 11.6 Å². The Morgan fingerprint density at radius 2 is 2.22 bits per heavy atom. The van der Waals surface area contributed by atoms with E-state index in [1.807, 2.05) is 42.8 Å². The molecule has 0 bridgehead atoms. The third-order valence-corrected chi connectivity index (χ3v) is 5.42. The molecule has 27 heavy (non-hydrogen) atoms. The fraction of sp³-hybridized carbons (Fsp3) is 0.300. The number of nitrogens with zero attached hydrogens (tertiary/aromatic N) is 2. The van der Waals surface area contributed by atoms with E-state index in [1.54, 1.807) is 0 Å². The van der Waals surface area contributed by atoms with Gasteiger partial charge in [0, 0.05) is 38.8 Å². The largest absolute Gasteiger partial charge is 0.462 e. The normalized spacial score (nSPS) is 18.3. The number of aliphatic hydroxyl groups is 1. The van der Waals surface area contributed by atoms with Crippen molar-refractivity contribution in [3.63, 3.8) is 0 Å². The maximum absolute atomic E-state index is 11.7. The maximum Gasteiger partial charge on any atom is 0.333 e. The lowest BCUT2D eigenvalue weighted by atomic mass is 9.92. The Morgan fingerprint density at radius 1 is 1.44 bits per heavy atom. The smallest absolute Gasteiger partial charge is 0.333 e. The van der Waals surface area contributed by atoms with Crippen LogP contribution in [0.2, 0.25) is 5.02 Å². The number of halogens is 1. The molecule has 0 spiro atoms. The summed E-state index contributed by atoms with van der Waals surface area (Å²) < 4.78 is 12.3. The third-order valence-electron chi connectivity index (χ3n) is 5.19. The van der Waals surface area contributed by atoms with Gasteiger partial charge in [0.2, 0.25) is 0 Å². The Morgan fingerprint density at radius 3 is 2.85 bits per heavy atom. The number of ether oxygens (including phenoxy) is 1. The number of aromatic nitrogens is 2. The molecule has 1 N–H and O–H groups in total. The van der Waals surface area contributed by atoms with Crippen molar-refractivity contribution in [2.24, 2.45) is 5.92 Å². The Hall–Kier alpha value is -2.57. The summed E-state index contributed by atoms with van der Waals surface area (Å²) in [5.74, 6) is -0.181. The zero-order valence-corrected chi connectivity index (χ0v) is 15.8. The van der Waals surface area contributed by atoms with Crippen LogP contribution in [-0.2, 0) is 16.1 Å². The number of carbonyl (C=O) groups is 1. The lowest BCUT2D eigenvalue weighted by molar-refractivity contribution is -0.135. The highest BCUT2D eigenvalue weighted by atomic mass is 35.5. The highest BCUT2D eigenvalue weighted by molar-refractivity contribution is 6.31. The Labute approximate surface area is 161 Å². The van der Waals surface area contributed by atoms with E-state index in [0.717, 1.165) is 27.9 Å². The van der Waals surface area contributed by atoms with E-state index in [0.29, 0.717) is 17.1 Å². The second-order valence-corrected chi connectivity index (χ2v) is 7.29. The number of benzene rings is 1. The number of fused-ring (bicyclic) bond motifs is 1. The van der Waals surface area contributed by atoms with E-state index in [2.05, 4.69) is 11.7 Å². The lowest BCUT2D eigenvalue weighted by Crippen LogP contribution is -2.14. The van der Waals surface area contributed by atoms with Crippen molar-refractivity contribution in [2.45, 2.75) is 26.5 Å². The molecule has 2 aromatic heterocycles. The molecule has 6 nitrogen and oxygen atoms in total. The molecule has 1 aliphatic rings. The van der Waals surface area contributed by atoms with Crippen LogP contribution in [0.5, 0.6) is 0 Å². The molecule has 7 heteroatoms. The molecule has 0 aliphatic carbocycles. The minimum absolute atomic E-state index is 0.121. The summed E-state index contributed by atoms with van der Waals surface area (Å²) in [4.78, 5) is 11.7. The number of cyclic esters (lactones) is 1. The van der Waals surface area contributed by atoms with Gasteiger partial charge >= 0.3 is 5.97 Å². The van der Waals surface area contributed by atoms with Crippen molar-refractivity contribution in [2.75, 3.05) is 6.61 Å². The molecule has 3 heterocycles. The van der Waals surface area contributed by atoms with Gasteiger partial charge in [0.25, 0.3) is 0 Å². The van der Waals surface area contributed by atoms with Crippen LogP contribution in [0.4, 0.5) is 0 Å². The van der Waals surface area contributed by atoms with Crippen LogP contribution in [0.15, 0.2) is 41.1 Å². The number of carbonyl (C=O) groups excluding carboxylic acids is 1. The van der Waals surface area contributed by atoms with Gasteiger partial charge < -0.3 is 18.9 Å². The highest BCUT2D eigenvalue weighted by Crippen LogP contribution is 2.37. The van der Waals surface area contributed by atoms with Crippen molar-refractivity contribution in [3.8, 4) is 0 Å². The lowest BCUT2D eigenvalue weighted by Gasteiger charge is -2.15. The van der Waals surface area contributed by atoms with Gasteiger partial charge in [0.15, 0.2) is 0 Å². The molecule has 4 rings (SSSR count). The van der Waals surface area contributed by atoms with Gasteiger partial charge in [-0.05, 0) is 32.0 Å². The minimum atomic E-state index is -0.921. The summed E-state index contributed by atoms with van der Waals surface area (Å²) in [6.45, 7) is 8.21. The molecule has 1 aromatic carbocycles. The predicted octanol–water partition coefficient (Wildman–Crippen LogP) is 3.71. The summed E-state index contributed by atoms with van der Waals surface area (Å²) >= 11 is 6.20.